The van der Waals surface area contributed by atoms with Crippen molar-refractivity contribution in [3.05, 3.63) is 84.2 Å². The third-order valence-electron chi connectivity index (χ3n) is 4.80. The van der Waals surface area contributed by atoms with E-state index in [9.17, 15) is 17.6 Å². The molecule has 0 aliphatic heterocycles. The van der Waals surface area contributed by atoms with Crippen molar-refractivity contribution in [3.8, 4) is 11.5 Å². The van der Waals surface area contributed by atoms with Crippen LogP contribution in [0.5, 0.6) is 11.5 Å². The highest BCUT2D eigenvalue weighted by atomic mass is 32.2. The lowest BCUT2D eigenvalue weighted by Crippen LogP contribution is -2.41. The minimum absolute atomic E-state index is 0.0963. The molecule has 0 aliphatic carbocycles. The topological polar surface area (TPSA) is 84.9 Å². The molecule has 3 aromatic rings. The number of nitrogens with one attached hydrogen (secondary N) is 1. The first kappa shape index (κ1) is 24.1. The highest BCUT2D eigenvalue weighted by Gasteiger charge is 2.29. The summed E-state index contributed by atoms with van der Waals surface area (Å²) in [5.74, 6) is -0.264. The van der Waals surface area contributed by atoms with E-state index in [-0.39, 0.29) is 17.1 Å². The van der Waals surface area contributed by atoms with Gasteiger partial charge in [0, 0.05) is 12.1 Å². The van der Waals surface area contributed by atoms with Crippen LogP contribution in [-0.2, 0) is 21.4 Å². The average molecular weight is 473 g/mol. The average Bonchev–Trinajstić information content (AvgIpc) is 2.82. The third-order valence-corrected chi connectivity index (χ3v) is 6.58. The molecule has 0 atom stereocenters. The predicted molar refractivity (Wildman–Crippen MR) is 123 cm³/mol. The largest absolute Gasteiger partial charge is 0.497 e. The van der Waals surface area contributed by atoms with E-state index in [0.717, 1.165) is 15.9 Å². The standard InChI is InChI=1S/C24H25FN2O5S/c1-3-32-23-11-7-4-8-18(23)16-26-24(28)17-27(22-10-6-5-9-21(22)25)33(29,30)20-14-12-19(31-2)13-15-20/h4-15H,3,16-17H2,1-2H3,(H,26,28). The summed E-state index contributed by atoms with van der Waals surface area (Å²) in [4.78, 5) is 12.7. The zero-order valence-corrected chi connectivity index (χ0v) is 19.1. The van der Waals surface area contributed by atoms with Crippen LogP contribution in [0.3, 0.4) is 0 Å². The summed E-state index contributed by atoms with van der Waals surface area (Å²) in [6.45, 7) is 1.84. The van der Waals surface area contributed by atoms with Crippen molar-refractivity contribution in [2.75, 3.05) is 24.6 Å². The lowest BCUT2D eigenvalue weighted by atomic mass is 10.2. The van der Waals surface area contributed by atoms with E-state index in [4.69, 9.17) is 9.47 Å². The van der Waals surface area contributed by atoms with E-state index in [1.165, 1.54) is 49.6 Å². The highest BCUT2D eigenvalue weighted by molar-refractivity contribution is 7.92. The zero-order valence-electron chi connectivity index (χ0n) is 18.3. The molecule has 0 saturated carbocycles. The maximum Gasteiger partial charge on any atom is 0.264 e. The Kier molecular flexibility index (Phi) is 7.89. The molecule has 0 unspecified atom stereocenters. The van der Waals surface area contributed by atoms with Crippen LogP contribution in [0.2, 0.25) is 0 Å². The maximum absolute atomic E-state index is 14.6. The van der Waals surface area contributed by atoms with Crippen LogP contribution < -0.4 is 19.1 Å². The summed E-state index contributed by atoms with van der Waals surface area (Å²) >= 11 is 0. The second-order valence-electron chi connectivity index (χ2n) is 6.96. The van der Waals surface area contributed by atoms with Crippen molar-refractivity contribution in [3.63, 3.8) is 0 Å². The van der Waals surface area contributed by atoms with Crippen molar-refractivity contribution in [1.29, 1.82) is 0 Å². The fourth-order valence-electron chi connectivity index (χ4n) is 3.15. The van der Waals surface area contributed by atoms with Gasteiger partial charge in [0.25, 0.3) is 10.0 Å². The molecule has 0 saturated heterocycles. The number of nitrogens with zero attached hydrogens (tertiary/aromatic N) is 1. The number of rotatable bonds is 10. The summed E-state index contributed by atoms with van der Waals surface area (Å²) < 4.78 is 52.6. The SMILES string of the molecule is CCOc1ccccc1CNC(=O)CN(c1ccccc1F)S(=O)(=O)c1ccc(OC)cc1. The van der Waals surface area contributed by atoms with Gasteiger partial charge in [-0.2, -0.15) is 0 Å². The van der Waals surface area contributed by atoms with Crippen LogP contribution in [0.25, 0.3) is 0 Å². The van der Waals surface area contributed by atoms with Crippen LogP contribution in [0, 0.1) is 5.82 Å². The van der Waals surface area contributed by atoms with Gasteiger partial charge in [-0.1, -0.05) is 30.3 Å². The number of carbonyl (C=O) groups is 1. The summed E-state index contributed by atoms with van der Waals surface area (Å²) in [6.07, 6.45) is 0. The molecule has 9 heteroatoms. The Morgan fingerprint density at radius 3 is 2.33 bits per heavy atom. The Morgan fingerprint density at radius 2 is 1.67 bits per heavy atom. The fraction of sp³-hybridized carbons (Fsp3) is 0.208. The molecular formula is C24H25FN2O5S. The third kappa shape index (κ3) is 5.81. The summed E-state index contributed by atoms with van der Waals surface area (Å²) in [5, 5.41) is 2.69. The first-order chi connectivity index (χ1) is 15.9. The van der Waals surface area contributed by atoms with Gasteiger partial charge in [-0.25, -0.2) is 12.8 Å². The van der Waals surface area contributed by atoms with E-state index in [1.807, 2.05) is 19.1 Å². The minimum atomic E-state index is -4.24. The molecule has 0 spiro atoms. The number of ether oxygens (including phenoxy) is 2. The molecule has 3 rings (SSSR count). The molecule has 3 aromatic carbocycles. The van der Waals surface area contributed by atoms with E-state index in [0.29, 0.717) is 18.1 Å². The molecular weight excluding hydrogens is 447 g/mol. The Hall–Kier alpha value is -3.59. The number of carbonyl (C=O) groups excluding carboxylic acids is 1. The first-order valence-corrected chi connectivity index (χ1v) is 11.7. The van der Waals surface area contributed by atoms with Crippen molar-refractivity contribution >= 4 is 21.6 Å². The van der Waals surface area contributed by atoms with Crippen molar-refractivity contribution < 1.29 is 27.1 Å². The van der Waals surface area contributed by atoms with Gasteiger partial charge >= 0.3 is 0 Å². The van der Waals surface area contributed by atoms with Gasteiger partial charge in [-0.3, -0.25) is 9.10 Å². The molecule has 0 heterocycles. The number of benzene rings is 3. The Morgan fingerprint density at radius 1 is 1.00 bits per heavy atom. The predicted octanol–water partition coefficient (Wildman–Crippen LogP) is 3.74. The van der Waals surface area contributed by atoms with Gasteiger partial charge in [0.15, 0.2) is 0 Å². The van der Waals surface area contributed by atoms with Crippen LogP contribution in [0.15, 0.2) is 77.7 Å². The van der Waals surface area contributed by atoms with Crippen molar-refractivity contribution in [1.82, 2.24) is 5.32 Å². The van der Waals surface area contributed by atoms with Gasteiger partial charge in [0.1, 0.15) is 23.9 Å². The van der Waals surface area contributed by atoms with E-state index in [2.05, 4.69) is 5.32 Å². The zero-order chi connectivity index (χ0) is 23.8. The van der Waals surface area contributed by atoms with Gasteiger partial charge in [-0.05, 0) is 49.4 Å². The molecule has 0 aromatic heterocycles. The Balaban J connectivity index is 1.86. The number of amides is 1. The molecule has 1 N–H and O–H groups in total. The highest BCUT2D eigenvalue weighted by Crippen LogP contribution is 2.27. The van der Waals surface area contributed by atoms with Gasteiger partial charge in [-0.15, -0.1) is 0 Å². The van der Waals surface area contributed by atoms with Crippen LogP contribution in [0.1, 0.15) is 12.5 Å². The molecule has 0 radical (unpaired) electrons. The molecule has 0 fully saturated rings. The number of methoxy groups -OCH3 is 1. The number of hydrogen-bond acceptors (Lipinski definition) is 5. The van der Waals surface area contributed by atoms with Gasteiger partial charge < -0.3 is 14.8 Å². The van der Waals surface area contributed by atoms with Crippen LogP contribution >= 0.6 is 0 Å². The monoisotopic (exact) mass is 472 g/mol. The van der Waals surface area contributed by atoms with E-state index < -0.39 is 28.3 Å². The Bertz CT molecular complexity index is 1200. The second kappa shape index (κ2) is 10.8. The molecule has 7 nitrogen and oxygen atoms in total. The number of anilines is 1. The smallest absolute Gasteiger partial charge is 0.264 e. The quantitative estimate of drug-likeness (QED) is 0.486. The number of halogens is 1. The number of hydrogen-bond donors (Lipinski definition) is 1. The van der Waals surface area contributed by atoms with Crippen molar-refractivity contribution in [2.45, 2.75) is 18.4 Å². The fourth-order valence-corrected chi connectivity index (χ4v) is 4.58. The minimum Gasteiger partial charge on any atom is -0.497 e. The number of sulfonamides is 1. The molecule has 0 bridgehead atoms. The lowest BCUT2D eigenvalue weighted by Gasteiger charge is -2.24. The van der Waals surface area contributed by atoms with Crippen LogP contribution in [-0.4, -0.2) is 34.6 Å². The van der Waals surface area contributed by atoms with Crippen molar-refractivity contribution in [2.24, 2.45) is 0 Å². The molecule has 0 aliphatic rings. The molecule has 33 heavy (non-hydrogen) atoms. The van der Waals surface area contributed by atoms with E-state index in [1.54, 1.807) is 12.1 Å². The van der Waals surface area contributed by atoms with Gasteiger partial charge in [0.2, 0.25) is 5.91 Å². The molecule has 1 amide bonds. The van der Waals surface area contributed by atoms with E-state index >= 15 is 0 Å². The van der Waals surface area contributed by atoms with Gasteiger partial charge in [0.05, 0.1) is 24.3 Å². The first-order valence-electron chi connectivity index (χ1n) is 10.3. The maximum atomic E-state index is 14.6. The van der Waals surface area contributed by atoms with Crippen LogP contribution in [0.4, 0.5) is 10.1 Å². The Labute approximate surface area is 192 Å². The summed E-state index contributed by atoms with van der Waals surface area (Å²) in [7, 11) is -2.78. The number of para-hydroxylation sites is 2. The second-order valence-corrected chi connectivity index (χ2v) is 8.82. The summed E-state index contributed by atoms with van der Waals surface area (Å²) in [6, 6.07) is 18.3. The lowest BCUT2D eigenvalue weighted by molar-refractivity contribution is -0.119. The normalized spacial score (nSPS) is 11.0. The molecule has 174 valence electrons. The summed E-state index contributed by atoms with van der Waals surface area (Å²) in [5.41, 5.74) is 0.515.